The highest BCUT2D eigenvalue weighted by molar-refractivity contribution is 7.25. The van der Waals surface area contributed by atoms with Gasteiger partial charge in [-0.05, 0) is 63.7 Å². The molecule has 0 aliphatic rings. The normalized spacial score (nSPS) is 11.8. The van der Waals surface area contributed by atoms with Gasteiger partial charge < -0.3 is 9.32 Å². The second-order valence-electron chi connectivity index (χ2n) is 13.6. The van der Waals surface area contributed by atoms with Crippen molar-refractivity contribution < 1.29 is 4.42 Å². The Hall–Kier alpha value is -6.68. The van der Waals surface area contributed by atoms with Crippen LogP contribution >= 0.6 is 11.3 Å². The van der Waals surface area contributed by atoms with Gasteiger partial charge in [-0.1, -0.05) is 146 Å². The zero-order valence-corrected chi connectivity index (χ0v) is 29.5. The number of hydrogen-bond donors (Lipinski definition) is 0. The first kappa shape index (κ1) is 30.0. The molecule has 0 spiro atoms. The fourth-order valence-electron chi connectivity index (χ4n) is 8.30. The van der Waals surface area contributed by atoms with Gasteiger partial charge in [0, 0.05) is 59.2 Å². The van der Waals surface area contributed by atoms with E-state index in [2.05, 4.69) is 187 Å². The van der Waals surface area contributed by atoms with E-state index in [4.69, 9.17) is 4.42 Å². The standard InChI is InChI=1S/C50H31NOS/c1-2-14-32(15-3-1)49-42-21-6-4-17-36(42)37-18-5-7-22-43(37)50(49)51(34-27-29-39-38-19-9-12-24-45(38)52-46(39)31-34)44-23-11-8-16-35(44)33-26-28-41-40-20-10-13-25-47(40)53-48(41)30-33/h1-31H. The smallest absolute Gasteiger partial charge is 0.137 e. The van der Waals surface area contributed by atoms with Crippen LogP contribution in [0, 0.1) is 0 Å². The van der Waals surface area contributed by atoms with E-state index < -0.39 is 0 Å². The first-order chi connectivity index (χ1) is 26.3. The van der Waals surface area contributed by atoms with Crippen LogP contribution in [0.15, 0.2) is 192 Å². The zero-order valence-electron chi connectivity index (χ0n) is 28.7. The minimum absolute atomic E-state index is 0.865. The van der Waals surface area contributed by atoms with Gasteiger partial charge in [0.05, 0.1) is 11.4 Å². The van der Waals surface area contributed by atoms with Gasteiger partial charge in [0.1, 0.15) is 11.2 Å². The lowest BCUT2D eigenvalue weighted by atomic mass is 9.89. The molecule has 0 unspecified atom stereocenters. The molecule has 0 aliphatic heterocycles. The van der Waals surface area contributed by atoms with Crippen molar-refractivity contribution in [1.82, 2.24) is 0 Å². The lowest BCUT2D eigenvalue weighted by Crippen LogP contribution is -2.13. The molecule has 0 aliphatic carbocycles. The molecule has 0 bridgehead atoms. The average molecular weight is 694 g/mol. The van der Waals surface area contributed by atoms with E-state index in [1.54, 1.807) is 0 Å². The third-order valence-electron chi connectivity index (χ3n) is 10.6. The van der Waals surface area contributed by atoms with Crippen LogP contribution in [0.25, 0.3) is 85.9 Å². The van der Waals surface area contributed by atoms with Crippen molar-refractivity contribution in [2.75, 3.05) is 4.90 Å². The van der Waals surface area contributed by atoms with Crippen LogP contribution < -0.4 is 4.90 Å². The molecule has 2 heterocycles. The van der Waals surface area contributed by atoms with Crippen molar-refractivity contribution in [3.8, 4) is 22.3 Å². The monoisotopic (exact) mass is 693 g/mol. The van der Waals surface area contributed by atoms with Gasteiger partial charge in [-0.25, -0.2) is 0 Å². The second kappa shape index (κ2) is 11.9. The number of hydrogen-bond acceptors (Lipinski definition) is 3. The van der Waals surface area contributed by atoms with Gasteiger partial charge in [-0.3, -0.25) is 0 Å². The number of rotatable bonds is 5. The van der Waals surface area contributed by atoms with E-state index in [1.165, 1.54) is 58.4 Å². The van der Waals surface area contributed by atoms with Crippen LogP contribution in [0.1, 0.15) is 0 Å². The highest BCUT2D eigenvalue weighted by Crippen LogP contribution is 2.52. The summed E-state index contributed by atoms with van der Waals surface area (Å²) in [4.78, 5) is 2.48. The molecule has 0 saturated heterocycles. The van der Waals surface area contributed by atoms with Gasteiger partial charge in [-0.2, -0.15) is 0 Å². The predicted octanol–water partition coefficient (Wildman–Crippen LogP) is 15.1. The van der Waals surface area contributed by atoms with Crippen molar-refractivity contribution in [2.24, 2.45) is 0 Å². The maximum absolute atomic E-state index is 6.55. The molecule has 2 nitrogen and oxygen atoms in total. The molecule has 0 atom stereocenters. The molecule has 53 heavy (non-hydrogen) atoms. The Morgan fingerprint density at radius 2 is 0.981 bits per heavy atom. The summed E-state index contributed by atoms with van der Waals surface area (Å²) in [5, 5.41) is 9.70. The summed E-state index contributed by atoms with van der Waals surface area (Å²) >= 11 is 1.86. The van der Waals surface area contributed by atoms with Crippen molar-refractivity contribution in [3.63, 3.8) is 0 Å². The second-order valence-corrected chi connectivity index (χ2v) is 14.7. The quantitative estimate of drug-likeness (QED) is 0.167. The zero-order chi connectivity index (χ0) is 34.9. The molecule has 3 heteroatoms. The fourth-order valence-corrected chi connectivity index (χ4v) is 9.45. The molecular weight excluding hydrogens is 663 g/mol. The van der Waals surface area contributed by atoms with Gasteiger partial charge in [0.2, 0.25) is 0 Å². The van der Waals surface area contributed by atoms with Crippen molar-refractivity contribution in [2.45, 2.75) is 0 Å². The molecule has 0 N–H and O–H groups in total. The maximum Gasteiger partial charge on any atom is 0.137 e. The lowest BCUT2D eigenvalue weighted by molar-refractivity contribution is 0.669. The van der Waals surface area contributed by atoms with E-state index in [9.17, 15) is 0 Å². The molecule has 11 aromatic rings. The first-order valence-corrected chi connectivity index (χ1v) is 18.8. The predicted molar refractivity (Wildman–Crippen MR) is 227 cm³/mol. The van der Waals surface area contributed by atoms with Crippen LogP contribution in [0.4, 0.5) is 17.1 Å². The molecule has 0 saturated carbocycles. The molecule has 248 valence electrons. The maximum atomic E-state index is 6.55. The fraction of sp³-hybridized carbons (Fsp3) is 0. The molecule has 0 radical (unpaired) electrons. The highest BCUT2D eigenvalue weighted by atomic mass is 32.1. The topological polar surface area (TPSA) is 16.4 Å². The molecule has 0 amide bonds. The van der Waals surface area contributed by atoms with Crippen LogP contribution in [0.3, 0.4) is 0 Å². The van der Waals surface area contributed by atoms with Gasteiger partial charge in [0.25, 0.3) is 0 Å². The van der Waals surface area contributed by atoms with Crippen LogP contribution in [0.5, 0.6) is 0 Å². The Balaban J connectivity index is 1.26. The van der Waals surface area contributed by atoms with E-state index in [1.807, 2.05) is 17.4 Å². The molecule has 11 rings (SSSR count). The van der Waals surface area contributed by atoms with E-state index >= 15 is 0 Å². The first-order valence-electron chi connectivity index (χ1n) is 18.0. The molecule has 0 fully saturated rings. The average Bonchev–Trinajstić information content (AvgIpc) is 3.79. The van der Waals surface area contributed by atoms with Crippen LogP contribution in [-0.2, 0) is 0 Å². The van der Waals surface area contributed by atoms with E-state index in [0.29, 0.717) is 0 Å². The minimum atomic E-state index is 0.865. The number of fused-ring (bicyclic) bond motifs is 9. The Morgan fingerprint density at radius 1 is 0.377 bits per heavy atom. The van der Waals surface area contributed by atoms with E-state index in [0.717, 1.165) is 44.6 Å². The van der Waals surface area contributed by atoms with Crippen molar-refractivity contribution >= 4 is 92.1 Å². The summed E-state index contributed by atoms with van der Waals surface area (Å²) in [6.45, 7) is 0. The summed E-state index contributed by atoms with van der Waals surface area (Å²) in [6.07, 6.45) is 0. The molecule has 9 aromatic carbocycles. The lowest BCUT2D eigenvalue weighted by Gasteiger charge is -2.32. The molecular formula is C50H31NOS. The van der Waals surface area contributed by atoms with Crippen LogP contribution in [0.2, 0.25) is 0 Å². The number of para-hydroxylation sites is 2. The summed E-state index contributed by atoms with van der Waals surface area (Å²) < 4.78 is 9.15. The Kier molecular flexibility index (Phi) is 6.76. The van der Waals surface area contributed by atoms with Gasteiger partial charge >= 0.3 is 0 Å². The van der Waals surface area contributed by atoms with Crippen LogP contribution in [-0.4, -0.2) is 0 Å². The Bertz CT molecular complexity index is 3190. The third kappa shape index (κ3) is 4.71. The minimum Gasteiger partial charge on any atom is -0.456 e. The Morgan fingerprint density at radius 3 is 1.83 bits per heavy atom. The van der Waals surface area contributed by atoms with E-state index in [-0.39, 0.29) is 0 Å². The number of benzene rings is 9. The Labute approximate surface area is 310 Å². The molecule has 2 aromatic heterocycles. The number of nitrogens with zero attached hydrogens (tertiary/aromatic N) is 1. The SMILES string of the molecule is c1ccc(-c2c(N(c3ccc4c(c3)oc3ccccc34)c3ccccc3-c3ccc4c(c3)sc3ccccc34)c3ccccc3c3ccccc23)cc1. The number of anilines is 3. The highest BCUT2D eigenvalue weighted by Gasteiger charge is 2.26. The largest absolute Gasteiger partial charge is 0.456 e. The number of thiophene rings is 1. The number of furan rings is 1. The summed E-state index contributed by atoms with van der Waals surface area (Å²) in [5.41, 5.74) is 9.73. The summed E-state index contributed by atoms with van der Waals surface area (Å²) in [5.74, 6) is 0. The third-order valence-corrected chi connectivity index (χ3v) is 11.8. The summed E-state index contributed by atoms with van der Waals surface area (Å²) in [6, 6.07) is 68.1. The van der Waals surface area contributed by atoms with Gasteiger partial charge in [-0.15, -0.1) is 11.3 Å². The summed E-state index contributed by atoms with van der Waals surface area (Å²) in [7, 11) is 0. The van der Waals surface area contributed by atoms with Crippen molar-refractivity contribution in [3.05, 3.63) is 188 Å². The van der Waals surface area contributed by atoms with Gasteiger partial charge in [0.15, 0.2) is 0 Å². The van der Waals surface area contributed by atoms with Crippen molar-refractivity contribution in [1.29, 1.82) is 0 Å².